The Labute approximate surface area is 107 Å². The number of alkyl halides is 2. The van der Waals surface area contributed by atoms with Gasteiger partial charge in [0.2, 0.25) is 5.91 Å². The standard InChI is InChI=1S/C12H11F3N2O2/c13-9-5-8(6-16)1-2-10(9)17-12(18)3-4-19-7-11(14)15/h1-2,5,11H,3-4,7H2,(H,17,18). The highest BCUT2D eigenvalue weighted by molar-refractivity contribution is 5.90. The number of rotatable bonds is 6. The maximum Gasteiger partial charge on any atom is 0.261 e. The number of halogens is 3. The van der Waals surface area contributed by atoms with Gasteiger partial charge in [0.05, 0.1) is 30.3 Å². The molecule has 0 aliphatic heterocycles. The topological polar surface area (TPSA) is 62.1 Å². The first-order valence-electron chi connectivity index (χ1n) is 5.38. The van der Waals surface area contributed by atoms with E-state index < -0.39 is 24.8 Å². The van der Waals surface area contributed by atoms with E-state index in [1.165, 1.54) is 12.1 Å². The second kappa shape index (κ2) is 7.38. The third-order valence-corrected chi connectivity index (χ3v) is 2.09. The van der Waals surface area contributed by atoms with Crippen LogP contribution in [0.2, 0.25) is 0 Å². The Balaban J connectivity index is 2.42. The molecule has 7 heteroatoms. The summed E-state index contributed by atoms with van der Waals surface area (Å²) in [7, 11) is 0. The number of nitrogens with one attached hydrogen (secondary N) is 1. The zero-order valence-corrected chi connectivity index (χ0v) is 9.83. The number of carbonyl (C=O) groups is 1. The molecule has 0 radical (unpaired) electrons. The molecule has 102 valence electrons. The van der Waals surface area contributed by atoms with Crippen LogP contribution >= 0.6 is 0 Å². The van der Waals surface area contributed by atoms with E-state index in [1.54, 1.807) is 6.07 Å². The molecule has 0 fully saturated rings. The Kier molecular flexibility index (Phi) is 5.82. The predicted molar refractivity (Wildman–Crippen MR) is 61.2 cm³/mol. The van der Waals surface area contributed by atoms with E-state index >= 15 is 0 Å². The summed E-state index contributed by atoms with van der Waals surface area (Å²) in [6, 6.07) is 5.35. The molecule has 1 N–H and O–H groups in total. The number of benzene rings is 1. The van der Waals surface area contributed by atoms with Crippen molar-refractivity contribution >= 4 is 11.6 Å². The number of carbonyl (C=O) groups excluding carboxylic acids is 1. The van der Waals surface area contributed by atoms with Crippen molar-refractivity contribution in [3.8, 4) is 6.07 Å². The summed E-state index contributed by atoms with van der Waals surface area (Å²) < 4.78 is 41.4. The Morgan fingerprint density at radius 3 is 2.79 bits per heavy atom. The van der Waals surface area contributed by atoms with Gasteiger partial charge < -0.3 is 10.1 Å². The lowest BCUT2D eigenvalue weighted by Crippen LogP contribution is -2.16. The Morgan fingerprint density at radius 1 is 1.47 bits per heavy atom. The first-order valence-corrected chi connectivity index (χ1v) is 5.38. The van der Waals surface area contributed by atoms with Crippen molar-refractivity contribution in [2.24, 2.45) is 0 Å². The van der Waals surface area contributed by atoms with Crippen molar-refractivity contribution < 1.29 is 22.7 Å². The van der Waals surface area contributed by atoms with Crippen molar-refractivity contribution in [3.63, 3.8) is 0 Å². The van der Waals surface area contributed by atoms with Gasteiger partial charge in [0, 0.05) is 0 Å². The van der Waals surface area contributed by atoms with Crippen LogP contribution in [0.25, 0.3) is 0 Å². The maximum absolute atomic E-state index is 13.4. The summed E-state index contributed by atoms with van der Waals surface area (Å²) in [5.41, 5.74) is 0.0635. The minimum atomic E-state index is -2.58. The number of hydrogen-bond acceptors (Lipinski definition) is 3. The van der Waals surface area contributed by atoms with Crippen LogP contribution in [-0.4, -0.2) is 25.5 Å². The summed E-state index contributed by atoms with van der Waals surface area (Å²) in [6.45, 7) is -0.910. The molecule has 0 atom stereocenters. The van der Waals surface area contributed by atoms with E-state index in [0.29, 0.717) is 0 Å². The van der Waals surface area contributed by atoms with E-state index in [-0.39, 0.29) is 24.3 Å². The highest BCUT2D eigenvalue weighted by atomic mass is 19.3. The fourth-order valence-electron chi connectivity index (χ4n) is 1.24. The second-order valence-electron chi connectivity index (χ2n) is 3.57. The molecule has 4 nitrogen and oxygen atoms in total. The number of anilines is 1. The highest BCUT2D eigenvalue weighted by Crippen LogP contribution is 2.15. The van der Waals surface area contributed by atoms with Crippen molar-refractivity contribution in [3.05, 3.63) is 29.6 Å². The monoisotopic (exact) mass is 272 g/mol. The lowest BCUT2D eigenvalue weighted by molar-refractivity contribution is -0.117. The van der Waals surface area contributed by atoms with Crippen molar-refractivity contribution in [1.82, 2.24) is 0 Å². The molecule has 0 spiro atoms. The van der Waals surface area contributed by atoms with Crippen LogP contribution in [0.15, 0.2) is 18.2 Å². The quantitative estimate of drug-likeness (QED) is 0.808. The lowest BCUT2D eigenvalue weighted by atomic mass is 10.2. The molecule has 0 saturated carbocycles. The molecule has 1 aromatic carbocycles. The van der Waals surface area contributed by atoms with Gasteiger partial charge in [-0.05, 0) is 18.2 Å². The fraction of sp³-hybridized carbons (Fsp3) is 0.333. The average Bonchev–Trinajstić information content (AvgIpc) is 2.37. The highest BCUT2D eigenvalue weighted by Gasteiger charge is 2.08. The van der Waals surface area contributed by atoms with Gasteiger partial charge in [-0.3, -0.25) is 4.79 Å². The molecule has 0 aliphatic rings. The molecule has 0 bridgehead atoms. The Morgan fingerprint density at radius 2 is 2.21 bits per heavy atom. The summed E-state index contributed by atoms with van der Waals surface area (Å²) in [5.74, 6) is -1.29. The van der Waals surface area contributed by atoms with Gasteiger partial charge in [-0.25, -0.2) is 13.2 Å². The van der Waals surface area contributed by atoms with Gasteiger partial charge in [0.15, 0.2) is 0 Å². The summed E-state index contributed by atoms with van der Waals surface area (Å²) >= 11 is 0. The predicted octanol–water partition coefficient (Wildman–Crippen LogP) is 2.31. The zero-order chi connectivity index (χ0) is 14.3. The summed E-state index contributed by atoms with van der Waals surface area (Å²) in [5, 5.41) is 10.8. The van der Waals surface area contributed by atoms with Crippen molar-refractivity contribution in [2.75, 3.05) is 18.5 Å². The third-order valence-electron chi connectivity index (χ3n) is 2.09. The Bertz CT molecular complexity index is 486. The molecule has 0 unspecified atom stereocenters. The van der Waals surface area contributed by atoms with Gasteiger partial charge >= 0.3 is 0 Å². The van der Waals surface area contributed by atoms with E-state index in [0.717, 1.165) is 6.07 Å². The smallest absolute Gasteiger partial charge is 0.261 e. The van der Waals surface area contributed by atoms with Crippen LogP contribution in [-0.2, 0) is 9.53 Å². The van der Waals surface area contributed by atoms with Crippen LogP contribution < -0.4 is 5.32 Å². The van der Waals surface area contributed by atoms with Gasteiger partial charge in [0.1, 0.15) is 12.4 Å². The zero-order valence-electron chi connectivity index (χ0n) is 9.83. The lowest BCUT2D eigenvalue weighted by Gasteiger charge is -2.07. The summed E-state index contributed by atoms with van der Waals surface area (Å²) in [6.07, 6.45) is -2.74. The van der Waals surface area contributed by atoms with Gasteiger partial charge in [0.25, 0.3) is 6.43 Å². The van der Waals surface area contributed by atoms with Gasteiger partial charge in [-0.15, -0.1) is 0 Å². The van der Waals surface area contributed by atoms with E-state index in [4.69, 9.17) is 5.26 Å². The molecule has 1 amide bonds. The van der Waals surface area contributed by atoms with Crippen molar-refractivity contribution in [1.29, 1.82) is 5.26 Å². The molecular formula is C12H11F3N2O2. The molecule has 19 heavy (non-hydrogen) atoms. The van der Waals surface area contributed by atoms with Crippen LogP contribution in [0.5, 0.6) is 0 Å². The first-order chi connectivity index (χ1) is 9.02. The van der Waals surface area contributed by atoms with Crippen LogP contribution in [0.4, 0.5) is 18.9 Å². The summed E-state index contributed by atoms with van der Waals surface area (Å²) in [4.78, 5) is 11.4. The van der Waals surface area contributed by atoms with E-state index in [9.17, 15) is 18.0 Å². The van der Waals surface area contributed by atoms with Gasteiger partial charge in [-0.1, -0.05) is 0 Å². The first kappa shape index (κ1) is 15.0. The molecular weight excluding hydrogens is 261 g/mol. The third kappa shape index (κ3) is 5.40. The van der Waals surface area contributed by atoms with Crippen LogP contribution in [0.3, 0.4) is 0 Å². The van der Waals surface area contributed by atoms with E-state index in [1.807, 2.05) is 0 Å². The van der Waals surface area contributed by atoms with Crippen LogP contribution in [0, 0.1) is 17.1 Å². The fourth-order valence-corrected chi connectivity index (χ4v) is 1.24. The van der Waals surface area contributed by atoms with Gasteiger partial charge in [-0.2, -0.15) is 5.26 Å². The molecule has 0 aromatic heterocycles. The maximum atomic E-state index is 13.4. The molecule has 0 heterocycles. The minimum Gasteiger partial charge on any atom is -0.375 e. The molecule has 1 rings (SSSR count). The average molecular weight is 272 g/mol. The van der Waals surface area contributed by atoms with Crippen molar-refractivity contribution in [2.45, 2.75) is 12.8 Å². The number of ether oxygens (including phenoxy) is 1. The Hall–Kier alpha value is -2.07. The second-order valence-corrected chi connectivity index (χ2v) is 3.57. The number of nitrogens with zero attached hydrogens (tertiary/aromatic N) is 1. The SMILES string of the molecule is N#Cc1ccc(NC(=O)CCOCC(F)F)c(F)c1. The molecule has 1 aromatic rings. The molecule has 0 saturated heterocycles. The number of amides is 1. The number of hydrogen-bond donors (Lipinski definition) is 1. The van der Waals surface area contributed by atoms with E-state index in [2.05, 4.69) is 10.1 Å². The normalized spacial score (nSPS) is 10.3. The molecule has 0 aliphatic carbocycles. The minimum absolute atomic E-state index is 0.0714. The largest absolute Gasteiger partial charge is 0.375 e. The number of nitriles is 1. The van der Waals surface area contributed by atoms with Crippen LogP contribution in [0.1, 0.15) is 12.0 Å².